The lowest BCUT2D eigenvalue weighted by molar-refractivity contribution is 0.101. The Balaban J connectivity index is 1.96. The van der Waals surface area contributed by atoms with Gasteiger partial charge >= 0.3 is 0 Å². The third-order valence-corrected chi connectivity index (χ3v) is 5.22. The lowest BCUT2D eigenvalue weighted by Crippen LogP contribution is -2.35. The standard InChI is InChI=1S/C23H19ClN4O5/c1-31-17-11-13(12-18(32-2)19(17)33-3)21-26-16-9-5-4-7-14(16)23(30)28(21)27-22(29)15-8-6-10-25-20(15)24/h4-12H,1-3H3,(H,27,29). The van der Waals surface area contributed by atoms with E-state index in [1.54, 1.807) is 42.5 Å². The number of benzene rings is 2. The molecule has 1 amide bonds. The highest BCUT2D eigenvalue weighted by atomic mass is 35.5. The van der Waals surface area contributed by atoms with E-state index in [1.807, 2.05) is 0 Å². The molecule has 0 saturated heterocycles. The van der Waals surface area contributed by atoms with Crippen LogP contribution in [0.3, 0.4) is 0 Å². The molecule has 0 atom stereocenters. The van der Waals surface area contributed by atoms with Gasteiger partial charge in [-0.1, -0.05) is 23.7 Å². The average Bonchev–Trinajstić information content (AvgIpc) is 2.84. The van der Waals surface area contributed by atoms with Crippen molar-refractivity contribution in [3.63, 3.8) is 0 Å². The van der Waals surface area contributed by atoms with E-state index in [1.165, 1.54) is 33.6 Å². The molecule has 10 heteroatoms. The zero-order valence-corrected chi connectivity index (χ0v) is 18.7. The first-order chi connectivity index (χ1) is 16.0. The Bertz CT molecular complexity index is 1390. The van der Waals surface area contributed by atoms with Gasteiger partial charge in [0.2, 0.25) is 5.75 Å². The highest BCUT2D eigenvalue weighted by Crippen LogP contribution is 2.40. The molecule has 0 radical (unpaired) electrons. The zero-order valence-electron chi connectivity index (χ0n) is 18.0. The summed E-state index contributed by atoms with van der Waals surface area (Å²) < 4.78 is 17.3. The van der Waals surface area contributed by atoms with Gasteiger partial charge in [-0.15, -0.1) is 0 Å². The van der Waals surface area contributed by atoms with Crippen LogP contribution < -0.4 is 25.2 Å². The van der Waals surface area contributed by atoms with Crippen molar-refractivity contribution in [3.05, 3.63) is 75.8 Å². The van der Waals surface area contributed by atoms with E-state index in [0.717, 1.165) is 4.68 Å². The van der Waals surface area contributed by atoms with Crippen molar-refractivity contribution in [2.24, 2.45) is 0 Å². The average molecular weight is 467 g/mol. The summed E-state index contributed by atoms with van der Waals surface area (Å²) in [5.41, 5.74) is 3.13. The van der Waals surface area contributed by atoms with E-state index >= 15 is 0 Å². The summed E-state index contributed by atoms with van der Waals surface area (Å²) in [5.74, 6) is 0.641. The molecule has 0 aliphatic heterocycles. The van der Waals surface area contributed by atoms with Gasteiger partial charge in [-0.2, -0.15) is 4.68 Å². The Hall–Kier alpha value is -4.11. The number of rotatable bonds is 6. The molecule has 0 aliphatic rings. The van der Waals surface area contributed by atoms with Crippen molar-refractivity contribution < 1.29 is 19.0 Å². The van der Waals surface area contributed by atoms with Gasteiger partial charge in [0, 0.05) is 11.8 Å². The van der Waals surface area contributed by atoms with Crippen LogP contribution in [0.4, 0.5) is 0 Å². The molecule has 1 N–H and O–H groups in total. The first-order valence-corrected chi connectivity index (χ1v) is 10.1. The second-order valence-electron chi connectivity index (χ2n) is 6.79. The van der Waals surface area contributed by atoms with Crippen molar-refractivity contribution in [1.82, 2.24) is 14.6 Å². The quantitative estimate of drug-likeness (QED) is 0.433. The van der Waals surface area contributed by atoms with Crippen LogP contribution in [0.5, 0.6) is 17.2 Å². The normalized spacial score (nSPS) is 10.7. The number of para-hydroxylation sites is 1. The largest absolute Gasteiger partial charge is 0.493 e. The van der Waals surface area contributed by atoms with Gasteiger partial charge in [-0.25, -0.2) is 9.97 Å². The van der Waals surface area contributed by atoms with Gasteiger partial charge in [0.25, 0.3) is 11.5 Å². The number of ether oxygens (including phenoxy) is 3. The van der Waals surface area contributed by atoms with Crippen LogP contribution in [-0.2, 0) is 0 Å². The second-order valence-corrected chi connectivity index (χ2v) is 7.15. The molecular formula is C23H19ClN4O5. The molecule has 0 aliphatic carbocycles. The maximum Gasteiger partial charge on any atom is 0.280 e. The Morgan fingerprint density at radius 2 is 1.70 bits per heavy atom. The van der Waals surface area contributed by atoms with Crippen LogP contribution >= 0.6 is 11.6 Å². The minimum Gasteiger partial charge on any atom is -0.493 e. The number of halogens is 1. The molecule has 0 bridgehead atoms. The van der Waals surface area contributed by atoms with E-state index in [9.17, 15) is 9.59 Å². The SMILES string of the molecule is COc1cc(-c2nc3ccccc3c(=O)n2NC(=O)c2cccnc2Cl)cc(OC)c1OC. The highest BCUT2D eigenvalue weighted by molar-refractivity contribution is 6.33. The van der Waals surface area contributed by atoms with Gasteiger partial charge in [0.15, 0.2) is 17.3 Å². The van der Waals surface area contributed by atoms with Crippen molar-refractivity contribution in [3.8, 4) is 28.6 Å². The molecule has 9 nitrogen and oxygen atoms in total. The predicted octanol–water partition coefficient (Wildman–Crippen LogP) is 3.52. The molecule has 2 aromatic heterocycles. The van der Waals surface area contributed by atoms with Gasteiger partial charge in [0.05, 0.1) is 37.8 Å². The molecule has 2 heterocycles. The molecule has 2 aromatic carbocycles. The summed E-state index contributed by atoms with van der Waals surface area (Å²) in [5, 5.41) is 0.331. The van der Waals surface area contributed by atoms with E-state index in [2.05, 4.69) is 15.4 Å². The summed E-state index contributed by atoms with van der Waals surface area (Å²) in [6.45, 7) is 0. The summed E-state index contributed by atoms with van der Waals surface area (Å²) in [6, 6.07) is 13.2. The number of nitrogens with one attached hydrogen (secondary N) is 1. The third-order valence-electron chi connectivity index (χ3n) is 4.92. The van der Waals surface area contributed by atoms with Crippen molar-refractivity contribution in [2.75, 3.05) is 26.8 Å². The second kappa shape index (κ2) is 9.17. The molecule has 0 saturated carbocycles. The topological polar surface area (TPSA) is 105 Å². The first kappa shape index (κ1) is 22.1. The fourth-order valence-electron chi connectivity index (χ4n) is 3.36. The van der Waals surface area contributed by atoms with Crippen LogP contribution in [0.25, 0.3) is 22.3 Å². The van der Waals surface area contributed by atoms with Gasteiger partial charge < -0.3 is 14.2 Å². The third kappa shape index (κ3) is 4.06. The van der Waals surface area contributed by atoms with E-state index < -0.39 is 11.5 Å². The van der Waals surface area contributed by atoms with Crippen molar-refractivity contribution in [2.45, 2.75) is 0 Å². The Kier molecular flexibility index (Phi) is 6.14. The zero-order chi connectivity index (χ0) is 23.5. The molecule has 0 unspecified atom stereocenters. The molecule has 168 valence electrons. The van der Waals surface area contributed by atoms with Gasteiger partial charge in [0.1, 0.15) is 5.15 Å². The number of hydrogen-bond donors (Lipinski definition) is 1. The van der Waals surface area contributed by atoms with E-state index in [-0.39, 0.29) is 16.5 Å². The number of carbonyl (C=O) groups is 1. The number of aromatic nitrogens is 3. The number of methoxy groups -OCH3 is 3. The Morgan fingerprint density at radius 3 is 2.33 bits per heavy atom. The number of carbonyl (C=O) groups excluding carboxylic acids is 1. The lowest BCUT2D eigenvalue weighted by atomic mass is 10.1. The smallest absolute Gasteiger partial charge is 0.280 e. The molecule has 0 spiro atoms. The fourth-order valence-corrected chi connectivity index (χ4v) is 3.56. The number of amides is 1. The lowest BCUT2D eigenvalue weighted by Gasteiger charge is -2.17. The highest BCUT2D eigenvalue weighted by Gasteiger charge is 2.21. The fraction of sp³-hybridized carbons (Fsp3) is 0.130. The van der Waals surface area contributed by atoms with Crippen LogP contribution in [0.2, 0.25) is 5.15 Å². The summed E-state index contributed by atoms with van der Waals surface area (Å²) in [6.07, 6.45) is 1.46. The minimum atomic E-state index is -0.624. The number of fused-ring (bicyclic) bond motifs is 1. The number of pyridine rings is 1. The van der Waals surface area contributed by atoms with Gasteiger partial charge in [-0.05, 0) is 36.4 Å². The first-order valence-electron chi connectivity index (χ1n) is 9.72. The van der Waals surface area contributed by atoms with E-state index in [4.69, 9.17) is 25.8 Å². The van der Waals surface area contributed by atoms with Crippen LogP contribution in [0, 0.1) is 0 Å². The molecule has 33 heavy (non-hydrogen) atoms. The molecule has 4 aromatic rings. The van der Waals surface area contributed by atoms with Crippen molar-refractivity contribution >= 4 is 28.4 Å². The number of nitrogens with zero attached hydrogens (tertiary/aromatic N) is 3. The Labute approximate surface area is 193 Å². The predicted molar refractivity (Wildman–Crippen MR) is 124 cm³/mol. The summed E-state index contributed by atoms with van der Waals surface area (Å²) in [4.78, 5) is 34.9. The summed E-state index contributed by atoms with van der Waals surface area (Å²) in [7, 11) is 4.45. The Morgan fingerprint density at radius 1 is 1.00 bits per heavy atom. The van der Waals surface area contributed by atoms with Crippen LogP contribution in [0.1, 0.15) is 10.4 Å². The molecule has 0 fully saturated rings. The molecule has 4 rings (SSSR count). The van der Waals surface area contributed by atoms with Gasteiger partial charge in [-0.3, -0.25) is 15.0 Å². The minimum absolute atomic E-state index is 0.00568. The maximum absolute atomic E-state index is 13.4. The number of hydrogen-bond acceptors (Lipinski definition) is 7. The molecular weight excluding hydrogens is 448 g/mol. The van der Waals surface area contributed by atoms with Crippen molar-refractivity contribution in [1.29, 1.82) is 0 Å². The summed E-state index contributed by atoms with van der Waals surface area (Å²) >= 11 is 6.07. The van der Waals surface area contributed by atoms with Crippen LogP contribution in [0.15, 0.2) is 59.5 Å². The monoisotopic (exact) mass is 466 g/mol. The maximum atomic E-state index is 13.4. The van der Waals surface area contributed by atoms with E-state index in [0.29, 0.717) is 33.7 Å². The van der Waals surface area contributed by atoms with Crippen LogP contribution in [-0.4, -0.2) is 41.9 Å².